The van der Waals surface area contributed by atoms with Gasteiger partial charge >= 0.3 is 0 Å². The van der Waals surface area contributed by atoms with E-state index in [1.54, 1.807) is 6.07 Å². The van der Waals surface area contributed by atoms with Gasteiger partial charge in [0.15, 0.2) is 34.7 Å². The third-order valence-electron chi connectivity index (χ3n) is 8.58. The molecule has 0 aliphatic heterocycles. The van der Waals surface area contributed by atoms with Crippen LogP contribution in [0.2, 0.25) is 0 Å². The van der Waals surface area contributed by atoms with E-state index in [1.165, 1.54) is 43.3 Å². The van der Waals surface area contributed by atoms with Crippen LogP contribution in [0.1, 0.15) is 27.9 Å². The van der Waals surface area contributed by atoms with Crippen LogP contribution in [-0.4, -0.2) is 78.3 Å². The largest absolute Gasteiger partial charge is 0.507 e. The molecule has 2 unspecified atom stereocenters. The van der Waals surface area contributed by atoms with Crippen molar-refractivity contribution in [2.45, 2.75) is 35.9 Å². The fraction of sp³-hybridized carbons (Fsp3) is 0.393. The van der Waals surface area contributed by atoms with Gasteiger partial charge in [0, 0.05) is 23.6 Å². The van der Waals surface area contributed by atoms with Crippen LogP contribution in [0.5, 0.6) is 5.75 Å². The summed E-state index contributed by atoms with van der Waals surface area (Å²) in [6.07, 6.45) is -0.528. The van der Waals surface area contributed by atoms with E-state index in [9.17, 15) is 42.6 Å². The van der Waals surface area contributed by atoms with Crippen molar-refractivity contribution in [2.24, 2.45) is 29.4 Å². The quantitative estimate of drug-likeness (QED) is 0.312. The Balaban J connectivity index is 1.53. The standard InChI is InChI=1S/C28H28FN3O9S/c1-32(2)22-16-9-12-8-15-19(23(34)18(12)25(36)28(16,39)26(37)20(24(22)35)27(30)38)17(33)10-13(21(15)29)11-31-42(40,41)14-6-4-3-5-7-14/h3-7,10,12,16,18,20,22,31,33,39H,8-9,11H2,1-2H3,(H2,30,38)/t12-,16-,18?,20?,22-,28-/m0/s1. The zero-order valence-corrected chi connectivity index (χ0v) is 23.4. The average Bonchev–Trinajstić information content (AvgIpc) is 2.92. The van der Waals surface area contributed by atoms with Gasteiger partial charge in [-0.15, -0.1) is 0 Å². The summed E-state index contributed by atoms with van der Waals surface area (Å²) in [5, 5.41) is 22.3. The summed E-state index contributed by atoms with van der Waals surface area (Å²) < 4.78 is 43.3. The first kappa shape index (κ1) is 29.6. The molecule has 3 aliphatic rings. The number of amides is 1. The number of likely N-dealkylation sites (N-methyl/N-ethyl adjacent to an activating group) is 1. The number of sulfonamides is 1. The van der Waals surface area contributed by atoms with Crippen LogP contribution in [0.25, 0.3) is 0 Å². The fourth-order valence-corrected chi connectivity index (χ4v) is 7.72. The number of halogens is 1. The van der Waals surface area contributed by atoms with Gasteiger partial charge in [0.2, 0.25) is 15.9 Å². The summed E-state index contributed by atoms with van der Waals surface area (Å²) in [6.45, 7) is -0.562. The number of ketones is 4. The highest BCUT2D eigenvalue weighted by molar-refractivity contribution is 7.89. The molecular weight excluding hydrogens is 573 g/mol. The molecule has 3 aliphatic carbocycles. The third kappa shape index (κ3) is 4.28. The van der Waals surface area contributed by atoms with Gasteiger partial charge in [0.1, 0.15) is 11.6 Å². The zero-order chi connectivity index (χ0) is 30.9. The maximum absolute atomic E-state index is 15.8. The molecule has 2 saturated carbocycles. The Bertz CT molecular complexity index is 1660. The molecule has 0 bridgehead atoms. The molecule has 1 amide bonds. The van der Waals surface area contributed by atoms with Crippen LogP contribution >= 0.6 is 0 Å². The average molecular weight is 602 g/mol. The number of carbonyl (C=O) groups is 5. The van der Waals surface area contributed by atoms with Crippen molar-refractivity contribution in [3.63, 3.8) is 0 Å². The van der Waals surface area contributed by atoms with E-state index in [-0.39, 0.29) is 28.9 Å². The summed E-state index contributed by atoms with van der Waals surface area (Å²) in [5.74, 6) is -13.7. The SMILES string of the molecule is CN(C)[C@@H]1C(=O)C(C(N)=O)C(=O)[C@@]2(O)C(=O)C3C(=O)c4c(O)cc(CNS(=O)(=O)c5ccccc5)c(F)c4C[C@H]3C[C@@H]12. The summed E-state index contributed by atoms with van der Waals surface area (Å²) in [6, 6.07) is 6.92. The number of primary amides is 1. The number of fused-ring (bicyclic) bond motifs is 3. The van der Waals surface area contributed by atoms with E-state index in [2.05, 4.69) is 4.72 Å². The Labute approximate surface area is 239 Å². The summed E-state index contributed by atoms with van der Waals surface area (Å²) in [4.78, 5) is 67.1. The van der Waals surface area contributed by atoms with E-state index in [0.717, 1.165) is 6.07 Å². The van der Waals surface area contributed by atoms with Crippen molar-refractivity contribution in [3.8, 4) is 5.75 Å². The lowest BCUT2D eigenvalue weighted by Gasteiger charge is -2.52. The van der Waals surface area contributed by atoms with Crippen molar-refractivity contribution < 1.29 is 47.0 Å². The number of carbonyl (C=O) groups excluding carboxylic acids is 5. The van der Waals surface area contributed by atoms with Gasteiger partial charge in [0.05, 0.1) is 22.4 Å². The highest BCUT2D eigenvalue weighted by Gasteiger charge is 2.69. The summed E-state index contributed by atoms with van der Waals surface area (Å²) >= 11 is 0. The highest BCUT2D eigenvalue weighted by atomic mass is 32.2. The maximum Gasteiger partial charge on any atom is 0.240 e. The summed E-state index contributed by atoms with van der Waals surface area (Å²) in [7, 11) is -1.13. The van der Waals surface area contributed by atoms with Crippen LogP contribution in [0.4, 0.5) is 4.39 Å². The van der Waals surface area contributed by atoms with Crippen molar-refractivity contribution in [1.29, 1.82) is 0 Å². The van der Waals surface area contributed by atoms with Gasteiger partial charge in [-0.25, -0.2) is 17.5 Å². The van der Waals surface area contributed by atoms with E-state index in [0.29, 0.717) is 0 Å². The molecule has 222 valence electrons. The van der Waals surface area contributed by atoms with Crippen LogP contribution < -0.4 is 10.5 Å². The number of aromatic hydroxyl groups is 1. The Morgan fingerprint density at radius 3 is 2.38 bits per heavy atom. The summed E-state index contributed by atoms with van der Waals surface area (Å²) in [5.41, 5.74) is 1.37. The molecule has 0 aromatic heterocycles. The number of rotatable bonds is 6. The van der Waals surface area contributed by atoms with Crippen molar-refractivity contribution in [2.75, 3.05) is 14.1 Å². The normalized spacial score (nSPS) is 29.2. The Kier molecular flexibility index (Phi) is 7.16. The molecule has 0 saturated heterocycles. The third-order valence-corrected chi connectivity index (χ3v) is 9.99. The number of nitrogens with two attached hydrogens (primary N) is 1. The molecule has 5 N–H and O–H groups in total. The number of phenolic OH excluding ortho intramolecular Hbond substituents is 1. The molecule has 2 aromatic rings. The number of Topliss-reactive ketones (excluding diaryl/α,β-unsaturated/α-hetero) is 4. The molecular formula is C28H28FN3O9S. The second-order valence-corrected chi connectivity index (χ2v) is 12.9. The number of phenols is 1. The minimum absolute atomic E-state index is 0.0654. The first-order valence-electron chi connectivity index (χ1n) is 13.1. The van der Waals surface area contributed by atoms with E-state index in [1.807, 2.05) is 0 Å². The molecule has 0 radical (unpaired) electrons. The predicted molar refractivity (Wildman–Crippen MR) is 142 cm³/mol. The number of benzene rings is 2. The van der Waals surface area contributed by atoms with Gasteiger partial charge in [-0.3, -0.25) is 28.9 Å². The van der Waals surface area contributed by atoms with Gasteiger partial charge in [-0.05, 0) is 51.1 Å². The predicted octanol–water partition coefficient (Wildman–Crippen LogP) is -0.515. The van der Waals surface area contributed by atoms with Crippen LogP contribution in [-0.2, 0) is 42.2 Å². The number of hydrogen-bond donors (Lipinski definition) is 4. The van der Waals surface area contributed by atoms with E-state index < -0.39 is 98.1 Å². The molecule has 2 fully saturated rings. The van der Waals surface area contributed by atoms with Crippen molar-refractivity contribution in [1.82, 2.24) is 9.62 Å². The lowest BCUT2D eigenvalue weighted by molar-refractivity contribution is -0.181. The number of nitrogens with one attached hydrogen (secondary N) is 1. The van der Waals surface area contributed by atoms with E-state index in [4.69, 9.17) is 5.73 Å². The zero-order valence-electron chi connectivity index (χ0n) is 22.5. The van der Waals surface area contributed by atoms with Crippen LogP contribution in [0.15, 0.2) is 41.3 Å². The second kappa shape index (κ2) is 10.2. The Morgan fingerprint density at radius 1 is 1.14 bits per heavy atom. The first-order valence-corrected chi connectivity index (χ1v) is 14.5. The van der Waals surface area contributed by atoms with Crippen molar-refractivity contribution in [3.05, 3.63) is 58.9 Å². The lowest BCUT2D eigenvalue weighted by Crippen LogP contribution is -2.74. The van der Waals surface area contributed by atoms with Gasteiger partial charge in [-0.1, -0.05) is 18.2 Å². The Morgan fingerprint density at radius 2 is 1.79 bits per heavy atom. The highest BCUT2D eigenvalue weighted by Crippen LogP contribution is 2.51. The number of aliphatic hydroxyl groups is 1. The molecule has 2 aromatic carbocycles. The minimum atomic E-state index is -4.04. The van der Waals surface area contributed by atoms with Gasteiger partial charge in [-0.2, -0.15) is 0 Å². The van der Waals surface area contributed by atoms with Crippen LogP contribution in [0, 0.1) is 29.5 Å². The smallest absolute Gasteiger partial charge is 0.240 e. The van der Waals surface area contributed by atoms with Gasteiger partial charge < -0.3 is 15.9 Å². The fourth-order valence-electron chi connectivity index (χ4n) is 6.69. The maximum atomic E-state index is 15.8. The minimum Gasteiger partial charge on any atom is -0.507 e. The number of hydrogen-bond acceptors (Lipinski definition) is 10. The molecule has 5 rings (SSSR count). The number of nitrogens with zero attached hydrogens (tertiary/aromatic N) is 1. The molecule has 6 atom stereocenters. The molecule has 0 spiro atoms. The molecule has 0 heterocycles. The molecule has 12 nitrogen and oxygen atoms in total. The second-order valence-electron chi connectivity index (χ2n) is 11.1. The topological polar surface area (TPSA) is 201 Å². The van der Waals surface area contributed by atoms with Crippen LogP contribution in [0.3, 0.4) is 0 Å². The lowest BCUT2D eigenvalue weighted by atomic mass is 9.52. The first-order chi connectivity index (χ1) is 19.6. The van der Waals surface area contributed by atoms with Crippen molar-refractivity contribution >= 4 is 39.1 Å². The Hall–Kier alpha value is -3.85. The van der Waals surface area contributed by atoms with E-state index >= 15 is 4.39 Å². The molecule has 42 heavy (non-hydrogen) atoms. The van der Waals surface area contributed by atoms with Gasteiger partial charge in [0.25, 0.3) is 0 Å². The molecule has 14 heteroatoms. The monoisotopic (exact) mass is 601 g/mol.